The Bertz CT molecular complexity index is 566. The SMILES string of the molecule is COC(CN)C(=O)Nc1ccc(S(=O)(=O)NC(C)C)cc1. The molecule has 0 bridgehead atoms. The highest BCUT2D eigenvalue weighted by molar-refractivity contribution is 7.89. The number of hydrogen-bond donors (Lipinski definition) is 3. The molecule has 118 valence electrons. The van der Waals surface area contributed by atoms with Crippen molar-refractivity contribution in [2.45, 2.75) is 30.9 Å². The first-order valence-corrected chi connectivity index (χ1v) is 7.94. The van der Waals surface area contributed by atoms with Gasteiger partial charge in [0.15, 0.2) is 0 Å². The van der Waals surface area contributed by atoms with E-state index in [1.54, 1.807) is 13.8 Å². The van der Waals surface area contributed by atoms with Crippen molar-refractivity contribution in [3.8, 4) is 0 Å². The number of hydrogen-bond acceptors (Lipinski definition) is 5. The van der Waals surface area contributed by atoms with E-state index in [-0.39, 0.29) is 23.4 Å². The zero-order chi connectivity index (χ0) is 16.0. The fraction of sp³-hybridized carbons (Fsp3) is 0.462. The normalized spacial score (nSPS) is 13.2. The minimum atomic E-state index is -3.54. The largest absolute Gasteiger partial charge is 0.370 e. The van der Waals surface area contributed by atoms with Crippen molar-refractivity contribution in [2.75, 3.05) is 19.0 Å². The molecule has 0 heterocycles. The molecule has 4 N–H and O–H groups in total. The van der Waals surface area contributed by atoms with Crippen molar-refractivity contribution >= 4 is 21.6 Å². The molecule has 1 amide bonds. The number of sulfonamides is 1. The predicted octanol–water partition coefficient (Wildman–Crippen LogP) is 0.286. The average molecular weight is 315 g/mol. The summed E-state index contributed by atoms with van der Waals surface area (Å²) in [6, 6.07) is 5.67. The van der Waals surface area contributed by atoms with Crippen molar-refractivity contribution in [2.24, 2.45) is 5.73 Å². The number of nitrogens with one attached hydrogen (secondary N) is 2. The van der Waals surface area contributed by atoms with Crippen LogP contribution in [0.1, 0.15) is 13.8 Å². The number of methoxy groups -OCH3 is 1. The first-order chi connectivity index (χ1) is 9.80. The lowest BCUT2D eigenvalue weighted by Crippen LogP contribution is -2.35. The zero-order valence-electron chi connectivity index (χ0n) is 12.3. The van der Waals surface area contributed by atoms with E-state index in [4.69, 9.17) is 10.5 Å². The molecular weight excluding hydrogens is 294 g/mol. The smallest absolute Gasteiger partial charge is 0.254 e. The molecule has 0 radical (unpaired) electrons. The number of carbonyl (C=O) groups excluding carboxylic acids is 1. The summed E-state index contributed by atoms with van der Waals surface area (Å²) in [5.41, 5.74) is 5.86. The molecule has 0 aliphatic carbocycles. The molecule has 0 saturated heterocycles. The molecule has 1 aromatic carbocycles. The maximum atomic E-state index is 11.9. The van der Waals surface area contributed by atoms with Gasteiger partial charge in [-0.1, -0.05) is 0 Å². The van der Waals surface area contributed by atoms with Gasteiger partial charge in [0.25, 0.3) is 5.91 Å². The van der Waals surface area contributed by atoms with E-state index >= 15 is 0 Å². The van der Waals surface area contributed by atoms with Gasteiger partial charge < -0.3 is 15.8 Å². The molecule has 0 aliphatic heterocycles. The molecule has 21 heavy (non-hydrogen) atoms. The number of amides is 1. The molecule has 0 fully saturated rings. The van der Waals surface area contributed by atoms with Gasteiger partial charge in [0.2, 0.25) is 10.0 Å². The van der Waals surface area contributed by atoms with Gasteiger partial charge in [-0.05, 0) is 38.1 Å². The van der Waals surface area contributed by atoms with E-state index in [1.807, 2.05) is 0 Å². The summed E-state index contributed by atoms with van der Waals surface area (Å²) in [5.74, 6) is -0.379. The van der Waals surface area contributed by atoms with Crippen molar-refractivity contribution in [3.05, 3.63) is 24.3 Å². The summed E-state index contributed by atoms with van der Waals surface area (Å²) >= 11 is 0. The van der Waals surface area contributed by atoms with E-state index in [0.29, 0.717) is 5.69 Å². The summed E-state index contributed by atoms with van der Waals surface area (Å²) in [5, 5.41) is 2.60. The number of rotatable bonds is 7. The van der Waals surface area contributed by atoms with Gasteiger partial charge in [-0.3, -0.25) is 4.79 Å². The first kappa shape index (κ1) is 17.6. The number of nitrogens with two attached hydrogens (primary N) is 1. The number of ether oxygens (including phenoxy) is 1. The molecule has 0 saturated carbocycles. The Hall–Kier alpha value is -1.48. The monoisotopic (exact) mass is 315 g/mol. The lowest BCUT2D eigenvalue weighted by Gasteiger charge is -2.13. The number of anilines is 1. The van der Waals surface area contributed by atoms with Crippen LogP contribution in [0, 0.1) is 0 Å². The molecule has 7 nitrogen and oxygen atoms in total. The minimum absolute atomic E-state index is 0.0626. The summed E-state index contributed by atoms with van der Waals surface area (Å²) < 4.78 is 31.3. The van der Waals surface area contributed by atoms with Gasteiger partial charge in [-0.15, -0.1) is 0 Å². The Kier molecular flexibility index (Phi) is 6.28. The summed E-state index contributed by atoms with van der Waals surface area (Å²) in [7, 11) is -2.14. The highest BCUT2D eigenvalue weighted by Crippen LogP contribution is 2.14. The maximum absolute atomic E-state index is 11.9. The highest BCUT2D eigenvalue weighted by atomic mass is 32.2. The third kappa shape index (κ3) is 5.09. The summed E-state index contributed by atoms with van der Waals surface area (Å²) in [4.78, 5) is 11.9. The fourth-order valence-corrected chi connectivity index (χ4v) is 2.88. The Labute approximate surface area is 124 Å². The van der Waals surface area contributed by atoms with Crippen LogP contribution < -0.4 is 15.8 Å². The van der Waals surface area contributed by atoms with Gasteiger partial charge in [0.1, 0.15) is 6.10 Å². The van der Waals surface area contributed by atoms with E-state index in [2.05, 4.69) is 10.0 Å². The molecule has 8 heteroatoms. The van der Waals surface area contributed by atoms with Crippen LogP contribution in [0.2, 0.25) is 0 Å². The maximum Gasteiger partial charge on any atom is 0.254 e. The Morgan fingerprint density at radius 2 is 1.86 bits per heavy atom. The molecule has 0 aliphatic rings. The fourth-order valence-electron chi connectivity index (χ4n) is 1.63. The van der Waals surface area contributed by atoms with Crippen LogP contribution in [0.15, 0.2) is 29.2 Å². The molecule has 1 unspecified atom stereocenters. The number of carbonyl (C=O) groups is 1. The van der Waals surface area contributed by atoms with Crippen LogP contribution in [0.5, 0.6) is 0 Å². The Morgan fingerprint density at radius 1 is 1.29 bits per heavy atom. The zero-order valence-corrected chi connectivity index (χ0v) is 13.1. The van der Waals surface area contributed by atoms with Crippen molar-refractivity contribution < 1.29 is 17.9 Å². The topological polar surface area (TPSA) is 111 Å². The van der Waals surface area contributed by atoms with Crippen LogP contribution in [0.3, 0.4) is 0 Å². The van der Waals surface area contributed by atoms with Crippen LogP contribution >= 0.6 is 0 Å². The van der Waals surface area contributed by atoms with Gasteiger partial charge in [0, 0.05) is 25.4 Å². The van der Waals surface area contributed by atoms with E-state index < -0.39 is 16.1 Å². The Morgan fingerprint density at radius 3 is 2.29 bits per heavy atom. The Balaban J connectivity index is 2.81. The van der Waals surface area contributed by atoms with Gasteiger partial charge in [-0.2, -0.15) is 0 Å². The molecule has 0 spiro atoms. The second-order valence-corrected chi connectivity index (χ2v) is 6.46. The van der Waals surface area contributed by atoms with E-state index in [9.17, 15) is 13.2 Å². The lowest BCUT2D eigenvalue weighted by atomic mass is 10.3. The van der Waals surface area contributed by atoms with Crippen LogP contribution in [0.25, 0.3) is 0 Å². The third-order valence-electron chi connectivity index (χ3n) is 2.61. The van der Waals surface area contributed by atoms with Gasteiger partial charge in [0.05, 0.1) is 4.90 Å². The second kappa shape index (κ2) is 7.51. The predicted molar refractivity (Wildman–Crippen MR) is 80.4 cm³/mol. The number of benzene rings is 1. The van der Waals surface area contributed by atoms with Crippen molar-refractivity contribution in [1.29, 1.82) is 0 Å². The second-order valence-electron chi connectivity index (χ2n) is 4.75. The molecule has 1 atom stereocenters. The molecule has 0 aromatic heterocycles. The molecular formula is C13H21N3O4S. The van der Waals surface area contributed by atoms with Crippen LogP contribution in [-0.2, 0) is 19.6 Å². The third-order valence-corrected chi connectivity index (χ3v) is 4.29. The highest BCUT2D eigenvalue weighted by Gasteiger charge is 2.17. The van der Waals surface area contributed by atoms with Crippen molar-refractivity contribution in [3.63, 3.8) is 0 Å². The summed E-state index contributed by atoms with van der Waals surface area (Å²) in [6.07, 6.45) is -0.740. The van der Waals surface area contributed by atoms with Gasteiger partial charge >= 0.3 is 0 Å². The minimum Gasteiger partial charge on any atom is -0.370 e. The average Bonchev–Trinajstić information content (AvgIpc) is 2.39. The van der Waals surface area contributed by atoms with E-state index in [1.165, 1.54) is 31.4 Å². The standard InChI is InChI=1S/C13H21N3O4S/c1-9(2)16-21(18,19)11-6-4-10(5-7-11)15-13(17)12(8-14)20-3/h4-7,9,12,16H,8,14H2,1-3H3,(H,15,17). The lowest BCUT2D eigenvalue weighted by molar-refractivity contribution is -0.125. The first-order valence-electron chi connectivity index (χ1n) is 6.46. The molecule has 1 aromatic rings. The quantitative estimate of drug-likeness (QED) is 0.669. The molecule has 1 rings (SSSR count). The van der Waals surface area contributed by atoms with Crippen LogP contribution in [-0.4, -0.2) is 40.1 Å². The summed E-state index contributed by atoms with van der Waals surface area (Å²) in [6.45, 7) is 3.54. The van der Waals surface area contributed by atoms with Crippen LogP contribution in [0.4, 0.5) is 5.69 Å². The van der Waals surface area contributed by atoms with Gasteiger partial charge in [-0.25, -0.2) is 13.1 Å². The van der Waals surface area contributed by atoms with E-state index in [0.717, 1.165) is 0 Å². The van der Waals surface area contributed by atoms with Crippen molar-refractivity contribution in [1.82, 2.24) is 4.72 Å².